The summed E-state index contributed by atoms with van der Waals surface area (Å²) in [6.07, 6.45) is 1.79. The van der Waals surface area contributed by atoms with Crippen molar-refractivity contribution in [3.63, 3.8) is 0 Å². The molecular weight excluding hydrogens is 444 g/mol. The van der Waals surface area contributed by atoms with Crippen LogP contribution in [0.15, 0.2) is 75.9 Å². The molecule has 1 N–H and O–H groups in total. The molecule has 8 heteroatoms. The molecule has 2 aromatic carbocycles. The lowest BCUT2D eigenvalue weighted by Crippen LogP contribution is -2.18. The predicted molar refractivity (Wildman–Crippen MR) is 111 cm³/mol. The number of amides is 1. The van der Waals surface area contributed by atoms with E-state index in [1.54, 1.807) is 35.0 Å². The van der Waals surface area contributed by atoms with E-state index in [2.05, 4.69) is 31.4 Å². The van der Waals surface area contributed by atoms with Gasteiger partial charge in [0, 0.05) is 26.9 Å². The van der Waals surface area contributed by atoms with Crippen molar-refractivity contribution in [2.24, 2.45) is 0 Å². The molecule has 2 heterocycles. The van der Waals surface area contributed by atoms with Gasteiger partial charge in [-0.05, 0) is 60.7 Å². The highest BCUT2D eigenvalue weighted by Crippen LogP contribution is 2.24. The van der Waals surface area contributed by atoms with Gasteiger partial charge in [-0.1, -0.05) is 32.7 Å². The van der Waals surface area contributed by atoms with Crippen molar-refractivity contribution in [3.8, 4) is 23.0 Å². The number of hydrogen-bond acceptors (Lipinski definition) is 4. The van der Waals surface area contributed by atoms with Crippen LogP contribution >= 0.6 is 27.5 Å². The number of rotatable bonds is 5. The Morgan fingerprint density at radius 2 is 1.86 bits per heavy atom. The zero-order valence-corrected chi connectivity index (χ0v) is 16.8. The van der Waals surface area contributed by atoms with Crippen LogP contribution in [0.1, 0.15) is 0 Å². The lowest BCUT2D eigenvalue weighted by atomic mass is 10.2. The summed E-state index contributed by atoms with van der Waals surface area (Å²) in [7, 11) is 0. The smallest absolute Gasteiger partial charge is 0.274 e. The third kappa shape index (κ3) is 4.16. The second-order valence-electron chi connectivity index (χ2n) is 6.01. The van der Waals surface area contributed by atoms with Crippen LogP contribution in [0.2, 0.25) is 5.02 Å². The number of carbonyl (C=O) groups is 1. The maximum Gasteiger partial charge on any atom is 0.274 e. The van der Waals surface area contributed by atoms with Gasteiger partial charge in [0.15, 0.2) is 0 Å². The number of benzene rings is 2. The average Bonchev–Trinajstić information content (AvgIpc) is 3.33. The van der Waals surface area contributed by atoms with Crippen LogP contribution in [0.25, 0.3) is 23.0 Å². The highest BCUT2D eigenvalue weighted by molar-refractivity contribution is 9.10. The molecule has 1 amide bonds. The van der Waals surface area contributed by atoms with Crippen molar-refractivity contribution in [3.05, 3.63) is 76.4 Å². The van der Waals surface area contributed by atoms with E-state index in [9.17, 15) is 4.79 Å². The highest BCUT2D eigenvalue weighted by atomic mass is 79.9. The Hall–Kier alpha value is -2.90. The first-order valence-corrected chi connectivity index (χ1v) is 9.56. The standard InChI is InChI=1S/C20H14BrClN4O2/c21-14-5-3-13(4-6-14)19-24-20(28-25-19)17-2-1-11-26(17)12-18(27)23-16-9-7-15(22)8-10-16/h1-11H,12H2,(H,23,27). The van der Waals surface area contributed by atoms with E-state index in [-0.39, 0.29) is 12.5 Å². The first-order valence-electron chi connectivity index (χ1n) is 8.39. The van der Waals surface area contributed by atoms with Crippen molar-refractivity contribution in [1.29, 1.82) is 0 Å². The summed E-state index contributed by atoms with van der Waals surface area (Å²) in [4.78, 5) is 16.8. The molecule has 0 aliphatic rings. The van der Waals surface area contributed by atoms with Gasteiger partial charge in [0.25, 0.3) is 5.89 Å². The second-order valence-corrected chi connectivity index (χ2v) is 7.36. The summed E-state index contributed by atoms with van der Waals surface area (Å²) in [6, 6.07) is 18.2. The van der Waals surface area contributed by atoms with Crippen LogP contribution in [0.4, 0.5) is 5.69 Å². The van der Waals surface area contributed by atoms with Gasteiger partial charge in [-0.25, -0.2) is 0 Å². The topological polar surface area (TPSA) is 73.0 Å². The molecule has 28 heavy (non-hydrogen) atoms. The fourth-order valence-corrected chi connectivity index (χ4v) is 3.07. The van der Waals surface area contributed by atoms with Crippen LogP contribution in [0.3, 0.4) is 0 Å². The molecule has 0 fully saturated rings. The van der Waals surface area contributed by atoms with E-state index in [0.29, 0.717) is 28.1 Å². The first-order chi connectivity index (χ1) is 13.6. The van der Waals surface area contributed by atoms with Gasteiger partial charge in [0.1, 0.15) is 12.2 Å². The van der Waals surface area contributed by atoms with Crippen molar-refractivity contribution in [1.82, 2.24) is 14.7 Å². The van der Waals surface area contributed by atoms with Crippen LogP contribution in [-0.2, 0) is 11.3 Å². The number of halogens is 2. The van der Waals surface area contributed by atoms with Gasteiger partial charge < -0.3 is 14.4 Å². The Balaban J connectivity index is 1.50. The maximum absolute atomic E-state index is 12.4. The van der Waals surface area contributed by atoms with Crippen LogP contribution in [-0.4, -0.2) is 20.6 Å². The molecule has 0 atom stereocenters. The zero-order chi connectivity index (χ0) is 19.5. The van der Waals surface area contributed by atoms with E-state index in [4.69, 9.17) is 16.1 Å². The monoisotopic (exact) mass is 456 g/mol. The first kappa shape index (κ1) is 18.5. The van der Waals surface area contributed by atoms with Gasteiger partial charge in [-0.15, -0.1) is 0 Å². The SMILES string of the molecule is O=C(Cn1cccc1-c1nc(-c2ccc(Br)cc2)no1)Nc1ccc(Cl)cc1. The van der Waals surface area contributed by atoms with Crippen molar-refractivity contribution >= 4 is 39.1 Å². The molecule has 0 radical (unpaired) electrons. The van der Waals surface area contributed by atoms with Gasteiger partial charge >= 0.3 is 0 Å². The van der Waals surface area contributed by atoms with E-state index >= 15 is 0 Å². The van der Waals surface area contributed by atoms with Gasteiger partial charge in [-0.3, -0.25) is 4.79 Å². The highest BCUT2D eigenvalue weighted by Gasteiger charge is 2.15. The van der Waals surface area contributed by atoms with E-state index in [0.717, 1.165) is 10.0 Å². The molecule has 4 aromatic rings. The molecule has 0 spiro atoms. The fourth-order valence-electron chi connectivity index (χ4n) is 2.68. The summed E-state index contributed by atoms with van der Waals surface area (Å²) in [5.74, 6) is 0.662. The molecule has 6 nitrogen and oxygen atoms in total. The minimum absolute atomic E-state index is 0.112. The Kier molecular flexibility index (Phi) is 5.27. The van der Waals surface area contributed by atoms with Crippen LogP contribution < -0.4 is 5.32 Å². The van der Waals surface area contributed by atoms with Crippen LogP contribution in [0, 0.1) is 0 Å². The van der Waals surface area contributed by atoms with Crippen molar-refractivity contribution < 1.29 is 9.32 Å². The number of nitrogens with zero attached hydrogens (tertiary/aromatic N) is 3. The van der Waals surface area contributed by atoms with E-state index in [1.807, 2.05) is 36.4 Å². The molecule has 140 valence electrons. The molecule has 0 unspecified atom stereocenters. The summed E-state index contributed by atoms with van der Waals surface area (Å²) >= 11 is 9.27. The quantitative estimate of drug-likeness (QED) is 0.444. The molecule has 0 saturated heterocycles. The predicted octanol–water partition coefficient (Wildman–Crippen LogP) is 5.26. The summed E-state index contributed by atoms with van der Waals surface area (Å²) < 4.78 is 8.13. The van der Waals surface area contributed by atoms with Crippen LogP contribution in [0.5, 0.6) is 0 Å². The lowest BCUT2D eigenvalue weighted by Gasteiger charge is -2.08. The van der Waals surface area contributed by atoms with Gasteiger partial charge in [0.05, 0.1) is 0 Å². The number of aromatic nitrogens is 3. The summed E-state index contributed by atoms with van der Waals surface area (Å²) in [5, 5.41) is 7.49. The fraction of sp³-hybridized carbons (Fsp3) is 0.0500. The van der Waals surface area contributed by atoms with Crippen molar-refractivity contribution in [2.45, 2.75) is 6.54 Å². The number of hydrogen-bond donors (Lipinski definition) is 1. The molecule has 2 aromatic heterocycles. The Bertz CT molecular complexity index is 1100. The normalized spacial score (nSPS) is 10.8. The van der Waals surface area contributed by atoms with E-state index < -0.39 is 0 Å². The Morgan fingerprint density at radius 3 is 2.61 bits per heavy atom. The molecule has 0 aliphatic carbocycles. The minimum atomic E-state index is -0.174. The van der Waals surface area contributed by atoms with E-state index in [1.165, 1.54) is 0 Å². The van der Waals surface area contributed by atoms with Crippen molar-refractivity contribution in [2.75, 3.05) is 5.32 Å². The summed E-state index contributed by atoms with van der Waals surface area (Å²) in [6.45, 7) is 0.112. The summed E-state index contributed by atoms with van der Waals surface area (Å²) in [5.41, 5.74) is 2.19. The largest absolute Gasteiger partial charge is 0.334 e. The molecule has 0 saturated carbocycles. The molecular formula is C20H14BrClN4O2. The minimum Gasteiger partial charge on any atom is -0.334 e. The van der Waals surface area contributed by atoms with Gasteiger partial charge in [-0.2, -0.15) is 4.98 Å². The molecule has 0 aliphatic heterocycles. The van der Waals surface area contributed by atoms with Gasteiger partial charge in [0.2, 0.25) is 11.7 Å². The Labute approximate surface area is 174 Å². The third-order valence-electron chi connectivity index (χ3n) is 4.02. The second kappa shape index (κ2) is 8.00. The number of anilines is 1. The maximum atomic E-state index is 12.4. The Morgan fingerprint density at radius 1 is 1.11 bits per heavy atom. The lowest BCUT2D eigenvalue weighted by molar-refractivity contribution is -0.116. The number of nitrogens with one attached hydrogen (secondary N) is 1. The zero-order valence-electron chi connectivity index (χ0n) is 14.5. The third-order valence-corrected chi connectivity index (χ3v) is 4.80. The number of carbonyl (C=O) groups excluding carboxylic acids is 1. The molecule has 4 rings (SSSR count). The average molecular weight is 458 g/mol. The molecule has 0 bridgehead atoms.